The molecule has 92 valence electrons. The van der Waals surface area contributed by atoms with Crippen LogP contribution in [0, 0.1) is 3.57 Å². The normalized spacial score (nSPS) is 18.9. The first-order chi connectivity index (χ1) is 8.75. The minimum atomic E-state index is -0.351. The van der Waals surface area contributed by atoms with E-state index in [0.717, 1.165) is 22.0 Å². The Morgan fingerprint density at radius 3 is 2.61 bits per heavy atom. The van der Waals surface area contributed by atoms with Gasteiger partial charge in [0.2, 0.25) is 0 Å². The summed E-state index contributed by atoms with van der Waals surface area (Å²) in [5, 5.41) is 10.4. The highest BCUT2D eigenvalue weighted by Crippen LogP contribution is 2.41. The van der Waals surface area contributed by atoms with E-state index in [1.807, 2.05) is 24.3 Å². The number of fused-ring (bicyclic) bond motifs is 1. The van der Waals surface area contributed by atoms with Crippen molar-refractivity contribution in [3.05, 3.63) is 68.8 Å². The van der Waals surface area contributed by atoms with Crippen LogP contribution in [0.5, 0.6) is 0 Å². The summed E-state index contributed by atoms with van der Waals surface area (Å²) in [4.78, 5) is 0. The summed E-state index contributed by atoms with van der Waals surface area (Å²) in [6, 6.07) is 16.6. The first-order valence-corrected chi connectivity index (χ1v) is 7.34. The van der Waals surface area contributed by atoms with Gasteiger partial charge in [0.05, 0.1) is 6.10 Å². The van der Waals surface area contributed by atoms with Crippen molar-refractivity contribution in [2.75, 3.05) is 0 Å². The Balaban J connectivity index is 1.74. The fourth-order valence-corrected chi connectivity index (χ4v) is 3.46. The molecule has 1 aliphatic carbocycles. The van der Waals surface area contributed by atoms with Crippen LogP contribution in [0.4, 0.5) is 0 Å². The molecule has 2 atom stereocenters. The summed E-state index contributed by atoms with van der Waals surface area (Å²) in [6.45, 7) is 0. The predicted octanol–water partition coefficient (Wildman–Crippen LogP) is 4.05. The van der Waals surface area contributed by atoms with Crippen LogP contribution in [-0.4, -0.2) is 5.11 Å². The van der Waals surface area contributed by atoms with Crippen molar-refractivity contribution >= 4 is 22.6 Å². The van der Waals surface area contributed by atoms with E-state index in [2.05, 4.69) is 46.9 Å². The summed E-state index contributed by atoms with van der Waals surface area (Å²) >= 11 is 2.29. The van der Waals surface area contributed by atoms with Crippen LogP contribution < -0.4 is 0 Å². The minimum absolute atomic E-state index is 0.351. The molecule has 1 N–H and O–H groups in total. The van der Waals surface area contributed by atoms with E-state index in [0.29, 0.717) is 5.92 Å². The molecule has 0 saturated heterocycles. The third-order valence-electron chi connectivity index (χ3n) is 3.73. The van der Waals surface area contributed by atoms with Crippen LogP contribution in [0.1, 0.15) is 35.1 Å². The van der Waals surface area contributed by atoms with Gasteiger partial charge in [-0.25, -0.2) is 0 Å². The second kappa shape index (κ2) is 5.02. The minimum Gasteiger partial charge on any atom is -0.388 e. The molecule has 0 aliphatic heterocycles. The van der Waals surface area contributed by atoms with Gasteiger partial charge in [-0.2, -0.15) is 0 Å². The zero-order valence-electron chi connectivity index (χ0n) is 10.0. The van der Waals surface area contributed by atoms with Gasteiger partial charge >= 0.3 is 0 Å². The highest BCUT2D eigenvalue weighted by Gasteiger charge is 2.28. The molecule has 2 aromatic rings. The lowest BCUT2D eigenvalue weighted by Gasteiger charge is -2.31. The SMILES string of the molecule is OC(CC1Cc2ccccc21)c1ccccc1I. The van der Waals surface area contributed by atoms with Crippen molar-refractivity contribution in [1.29, 1.82) is 0 Å². The van der Waals surface area contributed by atoms with Gasteiger partial charge < -0.3 is 5.11 Å². The first-order valence-electron chi connectivity index (χ1n) is 6.26. The van der Waals surface area contributed by atoms with E-state index in [4.69, 9.17) is 0 Å². The summed E-state index contributed by atoms with van der Waals surface area (Å²) in [5.74, 6) is 0.521. The molecule has 1 aliphatic rings. The second-order valence-electron chi connectivity index (χ2n) is 4.87. The van der Waals surface area contributed by atoms with Crippen LogP contribution in [0.3, 0.4) is 0 Å². The number of hydrogen-bond donors (Lipinski definition) is 1. The number of halogens is 1. The van der Waals surface area contributed by atoms with E-state index in [1.54, 1.807) is 0 Å². The summed E-state index contributed by atoms with van der Waals surface area (Å²) < 4.78 is 1.15. The van der Waals surface area contributed by atoms with Crippen LogP contribution in [0.2, 0.25) is 0 Å². The fraction of sp³-hybridized carbons (Fsp3) is 0.250. The van der Waals surface area contributed by atoms with Gasteiger partial charge in [0.1, 0.15) is 0 Å². The Morgan fingerprint density at radius 1 is 1.11 bits per heavy atom. The lowest BCUT2D eigenvalue weighted by atomic mass is 9.74. The molecule has 0 radical (unpaired) electrons. The van der Waals surface area contributed by atoms with Gasteiger partial charge in [0.25, 0.3) is 0 Å². The quantitative estimate of drug-likeness (QED) is 0.828. The molecule has 2 unspecified atom stereocenters. The van der Waals surface area contributed by atoms with Gasteiger partial charge in [-0.15, -0.1) is 0 Å². The van der Waals surface area contributed by atoms with E-state index >= 15 is 0 Å². The third kappa shape index (κ3) is 2.19. The molecule has 2 aromatic carbocycles. The lowest BCUT2D eigenvalue weighted by Crippen LogP contribution is -2.19. The standard InChI is InChI=1S/C16H15IO/c17-15-8-4-3-7-14(15)16(18)10-12-9-11-5-1-2-6-13(11)12/h1-8,12,16,18H,9-10H2. The molecule has 2 heteroatoms. The topological polar surface area (TPSA) is 20.2 Å². The van der Waals surface area contributed by atoms with Crippen LogP contribution in [0.25, 0.3) is 0 Å². The maximum Gasteiger partial charge on any atom is 0.0806 e. The second-order valence-corrected chi connectivity index (χ2v) is 6.04. The van der Waals surface area contributed by atoms with Crippen molar-refractivity contribution < 1.29 is 5.11 Å². The zero-order valence-corrected chi connectivity index (χ0v) is 12.2. The Kier molecular flexibility index (Phi) is 3.39. The Bertz CT molecular complexity index is 565. The summed E-state index contributed by atoms with van der Waals surface area (Å²) in [6.07, 6.45) is 1.59. The number of aliphatic hydroxyl groups is 1. The van der Waals surface area contributed by atoms with Gasteiger partial charge in [-0.3, -0.25) is 0 Å². The number of aliphatic hydroxyl groups excluding tert-OH is 1. The summed E-state index contributed by atoms with van der Waals surface area (Å²) in [5.41, 5.74) is 3.92. The van der Waals surface area contributed by atoms with E-state index in [-0.39, 0.29) is 6.10 Å². The van der Waals surface area contributed by atoms with E-state index in [1.165, 1.54) is 11.1 Å². The molecule has 3 rings (SSSR count). The molecule has 18 heavy (non-hydrogen) atoms. The molecule has 0 fully saturated rings. The molecule has 0 amide bonds. The molecular formula is C16H15IO. The van der Waals surface area contributed by atoms with Gasteiger partial charge in [0.15, 0.2) is 0 Å². The monoisotopic (exact) mass is 350 g/mol. The molecule has 0 heterocycles. The number of hydrogen-bond acceptors (Lipinski definition) is 1. The largest absolute Gasteiger partial charge is 0.388 e. The van der Waals surface area contributed by atoms with Crippen molar-refractivity contribution in [2.24, 2.45) is 0 Å². The maximum absolute atomic E-state index is 10.4. The van der Waals surface area contributed by atoms with Crippen LogP contribution >= 0.6 is 22.6 Å². The Labute approximate surface area is 121 Å². The van der Waals surface area contributed by atoms with Gasteiger partial charge in [-0.05, 0) is 64.1 Å². The molecule has 0 bridgehead atoms. The van der Waals surface area contributed by atoms with Crippen molar-refractivity contribution in [2.45, 2.75) is 24.9 Å². The number of rotatable bonds is 3. The Hall–Kier alpha value is -0.870. The molecule has 0 aromatic heterocycles. The maximum atomic E-state index is 10.4. The first kappa shape index (κ1) is 12.2. The average molecular weight is 350 g/mol. The zero-order chi connectivity index (χ0) is 12.5. The molecule has 1 nitrogen and oxygen atoms in total. The Morgan fingerprint density at radius 2 is 1.83 bits per heavy atom. The number of benzene rings is 2. The van der Waals surface area contributed by atoms with Crippen LogP contribution in [-0.2, 0) is 6.42 Å². The van der Waals surface area contributed by atoms with Crippen molar-refractivity contribution in [1.82, 2.24) is 0 Å². The lowest BCUT2D eigenvalue weighted by molar-refractivity contribution is 0.153. The smallest absolute Gasteiger partial charge is 0.0806 e. The highest BCUT2D eigenvalue weighted by molar-refractivity contribution is 14.1. The molecule has 0 spiro atoms. The summed E-state index contributed by atoms with van der Waals surface area (Å²) in [7, 11) is 0. The highest BCUT2D eigenvalue weighted by atomic mass is 127. The van der Waals surface area contributed by atoms with Gasteiger partial charge in [-0.1, -0.05) is 42.5 Å². The van der Waals surface area contributed by atoms with E-state index < -0.39 is 0 Å². The fourth-order valence-electron chi connectivity index (χ4n) is 2.71. The van der Waals surface area contributed by atoms with Crippen molar-refractivity contribution in [3.63, 3.8) is 0 Å². The molecule has 0 saturated carbocycles. The van der Waals surface area contributed by atoms with Crippen LogP contribution in [0.15, 0.2) is 48.5 Å². The van der Waals surface area contributed by atoms with E-state index in [9.17, 15) is 5.11 Å². The molecular weight excluding hydrogens is 335 g/mol. The predicted molar refractivity (Wildman–Crippen MR) is 81.6 cm³/mol. The van der Waals surface area contributed by atoms with Gasteiger partial charge in [0, 0.05) is 3.57 Å². The van der Waals surface area contributed by atoms with Crippen molar-refractivity contribution in [3.8, 4) is 0 Å². The third-order valence-corrected chi connectivity index (χ3v) is 4.72. The average Bonchev–Trinajstić information content (AvgIpc) is 2.36.